The van der Waals surface area contributed by atoms with Crippen LogP contribution in [0, 0.1) is 0 Å². The molecular weight excluding hydrogens is 276 g/mol. The van der Waals surface area contributed by atoms with Crippen LogP contribution in [0.2, 0.25) is 0 Å². The number of nitrogens with zero attached hydrogens (tertiary/aromatic N) is 1. The van der Waals surface area contributed by atoms with Crippen LogP contribution in [-0.4, -0.2) is 42.4 Å². The summed E-state index contributed by atoms with van der Waals surface area (Å²) in [6.07, 6.45) is 2.59. The van der Waals surface area contributed by atoms with Gasteiger partial charge in [0.15, 0.2) is 0 Å². The molecule has 0 bridgehead atoms. The minimum absolute atomic E-state index is 0.144. The molecule has 7 nitrogen and oxygen atoms in total. The van der Waals surface area contributed by atoms with Gasteiger partial charge < -0.3 is 19.4 Å². The van der Waals surface area contributed by atoms with Crippen LogP contribution >= 0.6 is 0 Å². The number of carbonyl (C=O) groups excluding carboxylic acids is 3. The lowest BCUT2D eigenvalue weighted by molar-refractivity contribution is -0.143. The van der Waals surface area contributed by atoms with Crippen LogP contribution < -0.4 is 5.32 Å². The molecule has 0 unspecified atom stereocenters. The summed E-state index contributed by atoms with van der Waals surface area (Å²) in [5, 5.41) is 2.38. The molecule has 0 aliphatic heterocycles. The Kier molecular flexibility index (Phi) is 6.73. The Hall–Kier alpha value is -2.57. The number of nitrogens with one attached hydrogen (secondary N) is 1. The second-order valence-electron chi connectivity index (χ2n) is 4.06. The third-order valence-electron chi connectivity index (χ3n) is 2.48. The number of hydrogen-bond donors (Lipinski definition) is 1. The van der Waals surface area contributed by atoms with Gasteiger partial charge in [-0.05, 0) is 25.1 Å². The fourth-order valence-electron chi connectivity index (χ4n) is 1.54. The van der Waals surface area contributed by atoms with Crippen LogP contribution in [0.1, 0.15) is 12.7 Å². The standard InChI is InChI=1S/C14H18N2O5/c1-3-13(18)16(9-11-6-5-7-21-11)10-12(17)15-8-14(19)20-4-2/h3,5-7H,1,4,8-10H2,2H3,(H,15,17). The van der Waals surface area contributed by atoms with Crippen molar-refractivity contribution in [1.82, 2.24) is 10.2 Å². The minimum atomic E-state index is -0.529. The van der Waals surface area contributed by atoms with Crippen molar-refractivity contribution in [2.45, 2.75) is 13.5 Å². The minimum Gasteiger partial charge on any atom is -0.467 e. The van der Waals surface area contributed by atoms with Crippen LogP contribution in [0.15, 0.2) is 35.5 Å². The Morgan fingerprint density at radius 1 is 1.48 bits per heavy atom. The molecule has 0 aliphatic rings. The number of amides is 2. The van der Waals surface area contributed by atoms with Gasteiger partial charge in [0.25, 0.3) is 0 Å². The zero-order valence-corrected chi connectivity index (χ0v) is 11.8. The molecule has 0 saturated carbocycles. The van der Waals surface area contributed by atoms with Gasteiger partial charge in [-0.3, -0.25) is 14.4 Å². The second kappa shape index (κ2) is 8.57. The van der Waals surface area contributed by atoms with E-state index in [0.29, 0.717) is 5.76 Å². The van der Waals surface area contributed by atoms with Gasteiger partial charge in [0.1, 0.15) is 18.8 Å². The maximum atomic E-state index is 11.7. The van der Waals surface area contributed by atoms with Crippen LogP contribution in [0.25, 0.3) is 0 Å². The summed E-state index contributed by atoms with van der Waals surface area (Å²) in [5.41, 5.74) is 0. The highest BCUT2D eigenvalue weighted by Crippen LogP contribution is 2.05. The summed E-state index contributed by atoms with van der Waals surface area (Å²) in [4.78, 5) is 35.8. The first-order chi connectivity index (χ1) is 10.1. The number of rotatable bonds is 8. The van der Waals surface area contributed by atoms with Crippen molar-refractivity contribution in [3.8, 4) is 0 Å². The predicted octanol–water partition coefficient (Wildman–Crippen LogP) is 0.473. The maximum absolute atomic E-state index is 11.7. The van der Waals surface area contributed by atoms with Crippen LogP contribution in [0.3, 0.4) is 0 Å². The summed E-state index contributed by atoms with van der Waals surface area (Å²) < 4.78 is 9.82. The molecule has 0 radical (unpaired) electrons. The lowest BCUT2D eigenvalue weighted by atomic mass is 10.3. The van der Waals surface area contributed by atoms with Gasteiger partial charge in [-0.25, -0.2) is 0 Å². The molecule has 0 fully saturated rings. The first kappa shape index (κ1) is 16.5. The zero-order chi connectivity index (χ0) is 15.7. The van der Waals surface area contributed by atoms with Crippen LogP contribution in [0.5, 0.6) is 0 Å². The lowest BCUT2D eigenvalue weighted by Crippen LogP contribution is -2.41. The number of hydrogen-bond acceptors (Lipinski definition) is 5. The van der Waals surface area contributed by atoms with Crippen molar-refractivity contribution < 1.29 is 23.5 Å². The molecule has 0 spiro atoms. The molecule has 1 heterocycles. The van der Waals surface area contributed by atoms with Gasteiger partial charge in [0.05, 0.1) is 19.4 Å². The molecule has 0 aromatic carbocycles. The number of furan rings is 1. The van der Waals surface area contributed by atoms with E-state index in [1.54, 1.807) is 19.1 Å². The third-order valence-corrected chi connectivity index (χ3v) is 2.48. The van der Waals surface area contributed by atoms with E-state index >= 15 is 0 Å². The Bertz CT molecular complexity index is 495. The number of carbonyl (C=O) groups is 3. The van der Waals surface area contributed by atoms with Gasteiger partial charge in [-0.2, -0.15) is 0 Å². The SMILES string of the molecule is C=CC(=O)N(CC(=O)NCC(=O)OCC)Cc1ccco1. The van der Waals surface area contributed by atoms with E-state index in [0.717, 1.165) is 6.08 Å². The van der Waals surface area contributed by atoms with Crippen LogP contribution in [-0.2, 0) is 25.7 Å². The second-order valence-corrected chi connectivity index (χ2v) is 4.06. The molecule has 1 N–H and O–H groups in total. The highest BCUT2D eigenvalue weighted by Gasteiger charge is 2.17. The predicted molar refractivity (Wildman–Crippen MR) is 74.0 cm³/mol. The van der Waals surface area contributed by atoms with E-state index < -0.39 is 17.8 Å². The van der Waals surface area contributed by atoms with Crippen molar-refractivity contribution in [2.75, 3.05) is 19.7 Å². The quantitative estimate of drug-likeness (QED) is 0.556. The Labute approximate surface area is 122 Å². The first-order valence-corrected chi connectivity index (χ1v) is 6.42. The normalized spacial score (nSPS) is 9.76. The molecular formula is C14H18N2O5. The highest BCUT2D eigenvalue weighted by molar-refractivity contribution is 5.91. The van der Waals surface area contributed by atoms with Crippen molar-refractivity contribution in [2.24, 2.45) is 0 Å². The van der Waals surface area contributed by atoms with E-state index in [1.807, 2.05) is 0 Å². The van der Waals surface area contributed by atoms with E-state index in [-0.39, 0.29) is 26.2 Å². The zero-order valence-electron chi connectivity index (χ0n) is 11.8. The Morgan fingerprint density at radius 3 is 2.81 bits per heavy atom. The smallest absolute Gasteiger partial charge is 0.325 e. The number of ether oxygens (including phenoxy) is 1. The molecule has 1 aromatic rings. The molecule has 1 rings (SSSR count). The molecule has 7 heteroatoms. The fraction of sp³-hybridized carbons (Fsp3) is 0.357. The molecule has 2 amide bonds. The molecule has 0 aliphatic carbocycles. The molecule has 0 saturated heterocycles. The monoisotopic (exact) mass is 294 g/mol. The topological polar surface area (TPSA) is 88.9 Å². The largest absolute Gasteiger partial charge is 0.467 e. The maximum Gasteiger partial charge on any atom is 0.325 e. The molecule has 114 valence electrons. The van der Waals surface area contributed by atoms with Gasteiger partial charge in [-0.1, -0.05) is 6.58 Å². The molecule has 1 aromatic heterocycles. The van der Waals surface area contributed by atoms with E-state index in [1.165, 1.54) is 11.2 Å². The van der Waals surface area contributed by atoms with Crippen LogP contribution in [0.4, 0.5) is 0 Å². The summed E-state index contributed by atoms with van der Waals surface area (Å²) in [6, 6.07) is 3.38. The van der Waals surface area contributed by atoms with Crippen molar-refractivity contribution in [3.05, 3.63) is 36.8 Å². The fourth-order valence-corrected chi connectivity index (χ4v) is 1.54. The van der Waals surface area contributed by atoms with E-state index in [2.05, 4.69) is 16.6 Å². The van der Waals surface area contributed by atoms with Crippen molar-refractivity contribution >= 4 is 17.8 Å². The average molecular weight is 294 g/mol. The summed E-state index contributed by atoms with van der Waals surface area (Å²) in [6.45, 7) is 5.02. The average Bonchev–Trinajstić information content (AvgIpc) is 2.97. The summed E-state index contributed by atoms with van der Waals surface area (Å²) >= 11 is 0. The lowest BCUT2D eigenvalue weighted by Gasteiger charge is -2.19. The van der Waals surface area contributed by atoms with Crippen molar-refractivity contribution in [3.63, 3.8) is 0 Å². The van der Waals surface area contributed by atoms with Gasteiger partial charge in [0, 0.05) is 0 Å². The van der Waals surface area contributed by atoms with E-state index in [4.69, 9.17) is 4.42 Å². The van der Waals surface area contributed by atoms with E-state index in [9.17, 15) is 14.4 Å². The highest BCUT2D eigenvalue weighted by atomic mass is 16.5. The molecule has 21 heavy (non-hydrogen) atoms. The summed E-state index contributed by atoms with van der Waals surface area (Å²) in [7, 11) is 0. The Balaban J connectivity index is 2.52. The van der Waals surface area contributed by atoms with Gasteiger partial charge in [-0.15, -0.1) is 0 Å². The van der Waals surface area contributed by atoms with Gasteiger partial charge in [0.2, 0.25) is 11.8 Å². The Morgan fingerprint density at radius 2 is 2.24 bits per heavy atom. The third kappa shape index (κ3) is 5.94. The summed E-state index contributed by atoms with van der Waals surface area (Å²) in [5.74, 6) is -0.857. The first-order valence-electron chi connectivity index (χ1n) is 6.42. The van der Waals surface area contributed by atoms with Gasteiger partial charge >= 0.3 is 5.97 Å². The molecule has 0 atom stereocenters. The number of esters is 1. The van der Waals surface area contributed by atoms with Crippen molar-refractivity contribution in [1.29, 1.82) is 0 Å².